The molecule has 0 saturated carbocycles. The molecule has 1 fully saturated rings. The van der Waals surface area contributed by atoms with Crippen LogP contribution in [0, 0.1) is 0 Å². The number of carbonyl (C=O) groups is 2. The van der Waals surface area contributed by atoms with Gasteiger partial charge >= 0.3 is 5.97 Å². The first-order valence-electron chi connectivity index (χ1n) is 12.0. The number of methoxy groups -OCH3 is 1. The number of aromatic nitrogens is 2. The summed E-state index contributed by atoms with van der Waals surface area (Å²) in [5.74, 6) is -0.501. The average Bonchev–Trinajstić information content (AvgIpc) is 3.37. The molecule has 194 valence electrons. The number of hydrogen-bond acceptors (Lipinski definition) is 8. The van der Waals surface area contributed by atoms with Gasteiger partial charge in [-0.05, 0) is 47.7 Å². The number of carbonyl (C=O) groups excluding carboxylic acids is 2. The number of amides is 1. The molecule has 1 aliphatic heterocycles. The van der Waals surface area contributed by atoms with Gasteiger partial charge in [0.2, 0.25) is 11.9 Å². The van der Waals surface area contributed by atoms with Gasteiger partial charge in [0.1, 0.15) is 4.88 Å². The molecule has 3 N–H and O–H groups in total. The highest BCUT2D eigenvalue weighted by Gasteiger charge is 2.42. The van der Waals surface area contributed by atoms with Gasteiger partial charge in [-0.1, -0.05) is 48.0 Å². The lowest BCUT2D eigenvalue weighted by Gasteiger charge is -2.36. The highest BCUT2D eigenvalue weighted by Crippen LogP contribution is 2.40. The summed E-state index contributed by atoms with van der Waals surface area (Å²) >= 11 is 7.30. The van der Waals surface area contributed by atoms with E-state index in [2.05, 4.69) is 15.3 Å². The van der Waals surface area contributed by atoms with Gasteiger partial charge in [0.15, 0.2) is 0 Å². The molecule has 5 rings (SSSR count). The number of hydrogen-bond donors (Lipinski definition) is 2. The van der Waals surface area contributed by atoms with Crippen molar-refractivity contribution in [1.29, 1.82) is 0 Å². The second kappa shape index (κ2) is 10.9. The molecule has 0 aliphatic carbocycles. The second-order valence-electron chi connectivity index (χ2n) is 8.91. The van der Waals surface area contributed by atoms with Crippen LogP contribution >= 0.6 is 22.9 Å². The Kier molecular flexibility index (Phi) is 7.42. The Balaban J connectivity index is 1.47. The van der Waals surface area contributed by atoms with Gasteiger partial charge in [0, 0.05) is 41.1 Å². The monoisotopic (exact) mass is 548 g/mol. The number of halogens is 1. The lowest BCUT2D eigenvalue weighted by atomic mass is 9.73. The van der Waals surface area contributed by atoms with Gasteiger partial charge in [-0.25, -0.2) is 14.8 Å². The van der Waals surface area contributed by atoms with Crippen molar-refractivity contribution in [1.82, 2.24) is 9.97 Å². The first-order chi connectivity index (χ1) is 18.4. The molecule has 0 bridgehead atoms. The van der Waals surface area contributed by atoms with Crippen molar-refractivity contribution >= 4 is 46.4 Å². The van der Waals surface area contributed by atoms with Gasteiger partial charge < -0.3 is 20.5 Å². The number of nitrogens with two attached hydrogens (primary N) is 1. The summed E-state index contributed by atoms with van der Waals surface area (Å²) in [5, 5.41) is 3.66. The molecular weight excluding hydrogens is 524 g/mol. The first kappa shape index (κ1) is 25.8. The van der Waals surface area contributed by atoms with Crippen molar-refractivity contribution in [3.8, 4) is 21.6 Å². The number of rotatable bonds is 6. The molecular formula is C28H25ClN4O4S. The van der Waals surface area contributed by atoms with Crippen LogP contribution in [-0.2, 0) is 19.7 Å². The summed E-state index contributed by atoms with van der Waals surface area (Å²) in [6.45, 7) is 0.898. The standard InChI is InChI=1S/C28H25ClN4O4S/c1-36-25(34)24-22(14-23(38-24)18-4-8-21(29)9-5-18)33-26(35)28(10-12-37-13-11-28)20-6-2-17(3-7-20)19-15-31-27(30)32-16-19/h2-9,14-16H,10-13H2,1H3,(H,33,35)(H2,30,31,32). The maximum absolute atomic E-state index is 14.0. The van der Waals surface area contributed by atoms with Crippen molar-refractivity contribution < 1.29 is 19.1 Å². The Morgan fingerprint density at radius 2 is 1.63 bits per heavy atom. The predicted octanol–water partition coefficient (Wildman–Crippen LogP) is 5.58. The summed E-state index contributed by atoms with van der Waals surface area (Å²) in [5.41, 5.74) is 8.68. The smallest absolute Gasteiger partial charge is 0.350 e. The van der Waals surface area contributed by atoms with E-state index in [1.807, 2.05) is 36.4 Å². The minimum absolute atomic E-state index is 0.199. The van der Waals surface area contributed by atoms with Crippen LogP contribution in [0.5, 0.6) is 0 Å². The maximum atomic E-state index is 14.0. The molecule has 1 saturated heterocycles. The molecule has 0 radical (unpaired) electrons. The van der Waals surface area contributed by atoms with E-state index in [1.54, 1.807) is 30.6 Å². The first-order valence-corrected chi connectivity index (χ1v) is 13.1. The minimum Gasteiger partial charge on any atom is -0.465 e. The van der Waals surface area contributed by atoms with E-state index in [0.717, 1.165) is 27.1 Å². The topological polar surface area (TPSA) is 116 Å². The fourth-order valence-corrected chi connectivity index (χ4v) is 5.73. The van der Waals surface area contributed by atoms with Gasteiger partial charge in [-0.3, -0.25) is 4.79 Å². The largest absolute Gasteiger partial charge is 0.465 e. The number of benzene rings is 2. The number of ether oxygens (including phenoxy) is 2. The Morgan fingerprint density at radius 3 is 2.26 bits per heavy atom. The molecule has 38 heavy (non-hydrogen) atoms. The summed E-state index contributed by atoms with van der Waals surface area (Å²) in [6.07, 6.45) is 4.34. The Labute approximate surface area is 228 Å². The normalized spacial score (nSPS) is 14.6. The number of anilines is 2. The second-order valence-corrected chi connectivity index (χ2v) is 10.4. The summed E-state index contributed by atoms with van der Waals surface area (Å²) < 4.78 is 10.6. The lowest BCUT2D eigenvalue weighted by Crippen LogP contribution is -2.45. The molecule has 2 aromatic heterocycles. The Hall–Kier alpha value is -3.79. The quantitative estimate of drug-likeness (QED) is 0.302. The molecule has 1 aliphatic rings. The molecule has 1 amide bonds. The van der Waals surface area contributed by atoms with Crippen LogP contribution in [0.1, 0.15) is 28.1 Å². The zero-order valence-electron chi connectivity index (χ0n) is 20.6. The third kappa shape index (κ3) is 5.13. The van der Waals surface area contributed by atoms with Crippen molar-refractivity contribution in [2.75, 3.05) is 31.4 Å². The molecule has 4 aromatic rings. The number of thiophene rings is 1. The molecule has 8 nitrogen and oxygen atoms in total. The molecule has 10 heteroatoms. The SMILES string of the molecule is COC(=O)c1sc(-c2ccc(Cl)cc2)cc1NC(=O)C1(c2ccc(-c3cnc(N)nc3)cc2)CCOCC1. The van der Waals surface area contributed by atoms with Crippen LogP contribution in [0.2, 0.25) is 5.02 Å². The highest BCUT2D eigenvalue weighted by molar-refractivity contribution is 7.18. The van der Waals surface area contributed by atoms with E-state index in [1.165, 1.54) is 18.4 Å². The van der Waals surface area contributed by atoms with Crippen LogP contribution in [-0.4, -0.2) is 42.2 Å². The number of nitrogens with one attached hydrogen (secondary N) is 1. The van der Waals surface area contributed by atoms with E-state index in [4.69, 9.17) is 26.8 Å². The summed E-state index contributed by atoms with van der Waals surface area (Å²) in [6, 6.07) is 16.9. The predicted molar refractivity (Wildman–Crippen MR) is 148 cm³/mol. The van der Waals surface area contributed by atoms with Crippen LogP contribution < -0.4 is 11.1 Å². The van der Waals surface area contributed by atoms with Gasteiger partial charge in [0.05, 0.1) is 18.2 Å². The van der Waals surface area contributed by atoms with E-state index in [-0.39, 0.29) is 11.9 Å². The summed E-state index contributed by atoms with van der Waals surface area (Å²) in [4.78, 5) is 35.8. The fraction of sp³-hybridized carbons (Fsp3) is 0.214. The van der Waals surface area contributed by atoms with Crippen LogP contribution in [0.15, 0.2) is 67.0 Å². The third-order valence-corrected chi connectivity index (χ3v) is 8.12. The van der Waals surface area contributed by atoms with E-state index < -0.39 is 11.4 Å². The third-order valence-electron chi connectivity index (χ3n) is 6.70. The van der Waals surface area contributed by atoms with Crippen molar-refractivity contribution in [2.24, 2.45) is 0 Å². The maximum Gasteiger partial charge on any atom is 0.350 e. The van der Waals surface area contributed by atoms with Crippen molar-refractivity contribution in [2.45, 2.75) is 18.3 Å². The summed E-state index contributed by atoms with van der Waals surface area (Å²) in [7, 11) is 1.32. The van der Waals surface area contributed by atoms with Gasteiger partial charge in [-0.2, -0.15) is 0 Å². The van der Waals surface area contributed by atoms with Crippen molar-refractivity contribution in [3.63, 3.8) is 0 Å². The molecule has 0 atom stereocenters. The van der Waals surface area contributed by atoms with Gasteiger partial charge in [0.25, 0.3) is 0 Å². The Bertz CT molecular complexity index is 1450. The van der Waals surface area contributed by atoms with Gasteiger partial charge in [-0.15, -0.1) is 11.3 Å². The highest BCUT2D eigenvalue weighted by atomic mass is 35.5. The lowest BCUT2D eigenvalue weighted by molar-refractivity contribution is -0.125. The van der Waals surface area contributed by atoms with Crippen LogP contribution in [0.25, 0.3) is 21.6 Å². The Morgan fingerprint density at radius 1 is 1.00 bits per heavy atom. The molecule has 2 aromatic carbocycles. The van der Waals surface area contributed by atoms with Crippen LogP contribution in [0.3, 0.4) is 0 Å². The van der Waals surface area contributed by atoms with Crippen molar-refractivity contribution in [3.05, 3.63) is 82.5 Å². The number of nitrogens with zero attached hydrogens (tertiary/aromatic N) is 2. The van der Waals surface area contributed by atoms with E-state index in [9.17, 15) is 9.59 Å². The molecule has 0 unspecified atom stereocenters. The van der Waals surface area contributed by atoms with E-state index in [0.29, 0.717) is 41.6 Å². The number of nitrogen functional groups attached to an aromatic ring is 1. The average molecular weight is 549 g/mol. The zero-order valence-corrected chi connectivity index (χ0v) is 22.1. The number of esters is 1. The molecule has 0 spiro atoms. The zero-order chi connectivity index (χ0) is 26.7. The minimum atomic E-state index is -0.829. The molecule has 3 heterocycles. The van der Waals surface area contributed by atoms with Crippen LogP contribution in [0.4, 0.5) is 11.6 Å². The van der Waals surface area contributed by atoms with E-state index >= 15 is 0 Å². The fourth-order valence-electron chi connectivity index (χ4n) is 4.56.